The van der Waals surface area contributed by atoms with E-state index in [0.717, 1.165) is 54.1 Å². The van der Waals surface area contributed by atoms with Gasteiger partial charge in [-0.25, -0.2) is 9.97 Å². The molecule has 1 aliphatic carbocycles. The maximum Gasteiger partial charge on any atom is 0.146 e. The second-order valence-electron chi connectivity index (χ2n) is 6.64. The molecule has 2 fully saturated rings. The molecule has 3 aromatic rings. The predicted octanol–water partition coefficient (Wildman–Crippen LogP) is 2.90. The van der Waals surface area contributed by atoms with Crippen LogP contribution in [0.2, 0.25) is 0 Å². The zero-order valence-corrected chi connectivity index (χ0v) is 13.3. The van der Waals surface area contributed by atoms with Crippen molar-refractivity contribution in [1.82, 2.24) is 19.7 Å². The summed E-state index contributed by atoms with van der Waals surface area (Å²) in [4.78, 5) is 8.67. The van der Waals surface area contributed by atoms with Gasteiger partial charge in [-0.2, -0.15) is 0 Å². The van der Waals surface area contributed by atoms with Gasteiger partial charge in [0.25, 0.3) is 0 Å². The Morgan fingerprint density at radius 1 is 1.12 bits per heavy atom. The van der Waals surface area contributed by atoms with Crippen molar-refractivity contribution < 1.29 is 9.26 Å². The van der Waals surface area contributed by atoms with Gasteiger partial charge < -0.3 is 19.6 Å². The lowest BCUT2D eigenvalue weighted by molar-refractivity contribution is 0.0706. The summed E-state index contributed by atoms with van der Waals surface area (Å²) in [5.74, 6) is 1.98. The van der Waals surface area contributed by atoms with Gasteiger partial charge in [-0.05, 0) is 25.7 Å². The van der Waals surface area contributed by atoms with E-state index in [0.29, 0.717) is 17.8 Å². The third kappa shape index (κ3) is 2.19. The van der Waals surface area contributed by atoms with E-state index in [1.54, 1.807) is 0 Å². The van der Waals surface area contributed by atoms with Crippen molar-refractivity contribution in [2.75, 3.05) is 18.9 Å². The highest BCUT2D eigenvalue weighted by Crippen LogP contribution is 2.42. The van der Waals surface area contributed by atoms with Crippen LogP contribution in [0.1, 0.15) is 43.4 Å². The van der Waals surface area contributed by atoms with Crippen LogP contribution in [0.3, 0.4) is 0 Å². The highest BCUT2D eigenvalue weighted by atomic mass is 16.5. The van der Waals surface area contributed by atoms with Crippen LogP contribution in [0.15, 0.2) is 23.1 Å². The normalized spacial score (nSPS) is 19.2. The maximum atomic E-state index is 6.17. The second-order valence-corrected chi connectivity index (χ2v) is 6.64. The van der Waals surface area contributed by atoms with Gasteiger partial charge in [-0.1, -0.05) is 5.16 Å². The van der Waals surface area contributed by atoms with Crippen LogP contribution in [-0.4, -0.2) is 32.9 Å². The third-order valence-electron chi connectivity index (χ3n) is 5.01. The number of rotatable bonds is 3. The van der Waals surface area contributed by atoms with E-state index < -0.39 is 0 Å². The van der Waals surface area contributed by atoms with Gasteiger partial charge in [0.2, 0.25) is 0 Å². The summed E-state index contributed by atoms with van der Waals surface area (Å²) in [6.07, 6.45) is 7.93. The quantitative estimate of drug-likeness (QED) is 0.796. The monoisotopic (exact) mass is 325 g/mol. The number of hydrogen-bond donors (Lipinski definition) is 1. The zero-order chi connectivity index (χ0) is 16.1. The number of fused-ring (bicyclic) bond motifs is 1. The fourth-order valence-corrected chi connectivity index (χ4v) is 3.52. The molecule has 0 bridgehead atoms. The maximum absolute atomic E-state index is 6.17. The second kappa shape index (κ2) is 5.31. The lowest BCUT2D eigenvalue weighted by Gasteiger charge is -2.24. The number of nitrogens with two attached hydrogens (primary N) is 1. The first-order valence-corrected chi connectivity index (χ1v) is 8.47. The van der Waals surface area contributed by atoms with Crippen molar-refractivity contribution in [3.05, 3.63) is 24.4 Å². The Labute approximate surface area is 138 Å². The lowest BCUT2D eigenvalue weighted by atomic mass is 10.1. The molecule has 3 aromatic heterocycles. The molecular weight excluding hydrogens is 306 g/mol. The van der Waals surface area contributed by atoms with E-state index in [1.807, 2.05) is 6.07 Å². The van der Waals surface area contributed by atoms with Crippen LogP contribution in [-0.2, 0) is 4.74 Å². The molecular formula is C17H19N5O2. The topological polar surface area (TPSA) is 92.0 Å². The summed E-state index contributed by atoms with van der Waals surface area (Å²) in [6.45, 7) is 1.55. The third-order valence-corrected chi connectivity index (χ3v) is 5.01. The minimum atomic E-state index is 0.360. The minimum Gasteiger partial charge on any atom is -0.383 e. The number of ether oxygens (including phenoxy) is 1. The van der Waals surface area contributed by atoms with Gasteiger partial charge in [0.15, 0.2) is 0 Å². The van der Waals surface area contributed by atoms with Crippen LogP contribution < -0.4 is 5.73 Å². The molecule has 1 saturated heterocycles. The molecule has 1 saturated carbocycles. The molecule has 24 heavy (non-hydrogen) atoms. The van der Waals surface area contributed by atoms with Gasteiger partial charge >= 0.3 is 0 Å². The molecule has 0 atom stereocenters. The van der Waals surface area contributed by atoms with Crippen molar-refractivity contribution in [1.29, 1.82) is 0 Å². The molecule has 0 aromatic carbocycles. The van der Waals surface area contributed by atoms with Crippen LogP contribution >= 0.6 is 0 Å². The highest BCUT2D eigenvalue weighted by Gasteiger charge is 2.29. The van der Waals surface area contributed by atoms with Crippen molar-refractivity contribution in [3.63, 3.8) is 0 Å². The number of aromatic nitrogens is 4. The average Bonchev–Trinajstić information content (AvgIpc) is 3.21. The van der Waals surface area contributed by atoms with Gasteiger partial charge in [0.1, 0.15) is 29.2 Å². The van der Waals surface area contributed by atoms with Crippen molar-refractivity contribution in [3.8, 4) is 11.3 Å². The molecule has 7 nitrogen and oxygen atoms in total. The summed E-state index contributed by atoms with van der Waals surface area (Å²) >= 11 is 0. The number of anilines is 1. The number of nitrogen functional groups attached to an aromatic ring is 1. The van der Waals surface area contributed by atoms with Gasteiger partial charge in [0.05, 0.1) is 5.39 Å². The smallest absolute Gasteiger partial charge is 0.146 e. The first-order valence-electron chi connectivity index (χ1n) is 8.47. The summed E-state index contributed by atoms with van der Waals surface area (Å²) in [6, 6.07) is 2.40. The molecule has 5 rings (SSSR count). The fraction of sp³-hybridized carbons (Fsp3) is 0.471. The first kappa shape index (κ1) is 14.0. The van der Waals surface area contributed by atoms with E-state index in [4.69, 9.17) is 15.0 Å². The van der Waals surface area contributed by atoms with Crippen LogP contribution in [0.4, 0.5) is 5.82 Å². The van der Waals surface area contributed by atoms with Gasteiger partial charge in [-0.3, -0.25) is 0 Å². The van der Waals surface area contributed by atoms with Gasteiger partial charge in [-0.15, -0.1) is 0 Å². The Morgan fingerprint density at radius 2 is 1.96 bits per heavy atom. The molecule has 0 radical (unpaired) electrons. The lowest BCUT2D eigenvalue weighted by Crippen LogP contribution is -2.19. The molecule has 2 aliphatic rings. The molecule has 2 N–H and O–H groups in total. The largest absolute Gasteiger partial charge is 0.383 e. The van der Waals surface area contributed by atoms with E-state index in [-0.39, 0.29) is 0 Å². The van der Waals surface area contributed by atoms with Crippen LogP contribution in [0, 0.1) is 0 Å². The van der Waals surface area contributed by atoms with Crippen molar-refractivity contribution in [2.24, 2.45) is 0 Å². The Hall–Kier alpha value is -2.41. The number of nitrogens with zero attached hydrogens (tertiary/aromatic N) is 4. The standard InChI is InChI=1S/C17H19N5O2/c18-16-15-12(13-7-14(24-21-13)10-1-2-10)8-22(17(15)20-9-19-16)11-3-5-23-6-4-11/h7-11H,1-6H2,(H2,18,19,20). The summed E-state index contributed by atoms with van der Waals surface area (Å²) in [7, 11) is 0. The molecule has 7 heteroatoms. The minimum absolute atomic E-state index is 0.360. The van der Waals surface area contributed by atoms with Crippen LogP contribution in [0.5, 0.6) is 0 Å². The molecule has 124 valence electrons. The highest BCUT2D eigenvalue weighted by molar-refractivity contribution is 5.99. The van der Waals surface area contributed by atoms with E-state index in [2.05, 4.69) is 25.9 Å². The summed E-state index contributed by atoms with van der Waals surface area (Å²) in [5.41, 5.74) is 8.79. The van der Waals surface area contributed by atoms with E-state index >= 15 is 0 Å². The van der Waals surface area contributed by atoms with Crippen molar-refractivity contribution in [2.45, 2.75) is 37.6 Å². The Morgan fingerprint density at radius 3 is 2.75 bits per heavy atom. The first-order chi connectivity index (χ1) is 11.8. The molecule has 0 unspecified atom stereocenters. The zero-order valence-electron chi connectivity index (χ0n) is 13.3. The summed E-state index contributed by atoms with van der Waals surface area (Å²) < 4.78 is 13.2. The van der Waals surface area contributed by atoms with E-state index in [9.17, 15) is 0 Å². The Bertz CT molecular complexity index is 890. The molecule has 0 amide bonds. The van der Waals surface area contributed by atoms with Gasteiger partial charge in [0, 0.05) is 43.0 Å². The Balaban J connectivity index is 1.66. The fourth-order valence-electron chi connectivity index (χ4n) is 3.52. The molecule has 0 spiro atoms. The number of hydrogen-bond acceptors (Lipinski definition) is 6. The average molecular weight is 325 g/mol. The molecule has 1 aliphatic heterocycles. The SMILES string of the molecule is Nc1ncnc2c1c(-c1cc(C3CC3)on1)cn2C1CCOCC1. The summed E-state index contributed by atoms with van der Waals surface area (Å²) in [5, 5.41) is 5.13. The molecule has 4 heterocycles. The van der Waals surface area contributed by atoms with E-state index in [1.165, 1.54) is 19.2 Å². The Kier molecular flexibility index (Phi) is 3.09. The van der Waals surface area contributed by atoms with Crippen LogP contribution in [0.25, 0.3) is 22.3 Å². The predicted molar refractivity (Wildman–Crippen MR) is 88.5 cm³/mol. The van der Waals surface area contributed by atoms with Crippen molar-refractivity contribution >= 4 is 16.9 Å².